The zero-order valence-corrected chi connectivity index (χ0v) is 18.6. The van der Waals surface area contributed by atoms with E-state index in [1.165, 1.54) is 23.2 Å². The molecule has 4 aromatic rings. The van der Waals surface area contributed by atoms with Gasteiger partial charge in [0.1, 0.15) is 11.6 Å². The van der Waals surface area contributed by atoms with Gasteiger partial charge in [-0.2, -0.15) is 4.37 Å². The second-order valence-corrected chi connectivity index (χ2v) is 9.11. The van der Waals surface area contributed by atoms with Crippen LogP contribution in [0, 0.1) is 19.7 Å². The third-order valence-electron chi connectivity index (χ3n) is 6.44. The molecule has 0 aliphatic carbocycles. The molecular weight excluding hydrogens is 411 g/mol. The maximum atomic E-state index is 13.7. The quantitative estimate of drug-likeness (QED) is 0.519. The minimum atomic E-state index is -0.211. The van der Waals surface area contributed by atoms with Gasteiger partial charge in [-0.1, -0.05) is 6.07 Å². The molecule has 5 rings (SSSR count). The van der Waals surface area contributed by atoms with Gasteiger partial charge in [0.25, 0.3) is 5.56 Å². The number of aryl methyl sites for hydroxylation is 1. The minimum Gasteiger partial charge on any atom is -0.353 e. The van der Waals surface area contributed by atoms with E-state index in [1.807, 2.05) is 26.0 Å². The summed E-state index contributed by atoms with van der Waals surface area (Å²) in [7, 11) is 0. The van der Waals surface area contributed by atoms with Crippen molar-refractivity contribution in [1.29, 1.82) is 0 Å². The number of hydrogen-bond acceptors (Lipinski definition) is 5. The van der Waals surface area contributed by atoms with Crippen molar-refractivity contribution in [3.05, 3.63) is 69.3 Å². The van der Waals surface area contributed by atoms with Crippen molar-refractivity contribution in [2.75, 3.05) is 37.6 Å². The second kappa shape index (κ2) is 8.05. The average Bonchev–Trinajstić information content (AvgIpc) is 3.20. The summed E-state index contributed by atoms with van der Waals surface area (Å²) in [6.45, 7) is 8.61. The van der Waals surface area contributed by atoms with Crippen LogP contribution in [0.5, 0.6) is 0 Å². The normalized spacial score (nSPS) is 15.3. The number of hydrogen-bond donors (Lipinski definition) is 1. The Balaban J connectivity index is 1.24. The molecule has 0 unspecified atom stereocenters. The predicted octanol–water partition coefficient (Wildman–Crippen LogP) is 4.26. The standard InChI is InChI=1S/C24H25FN4OS/c1-15-16(2)24(30)26-21-5-3-17(13-19(15)21)7-8-28-9-11-29(12-10-28)23-20-14-18(25)4-6-22(20)31-27-23/h3-6,13-14H,7-12H2,1-2H3,(H,26,30). The molecule has 1 N–H and O–H groups in total. The lowest BCUT2D eigenvalue weighted by molar-refractivity contribution is 0.261. The number of benzene rings is 2. The van der Waals surface area contributed by atoms with Gasteiger partial charge in [0, 0.05) is 54.6 Å². The molecule has 31 heavy (non-hydrogen) atoms. The van der Waals surface area contributed by atoms with Crippen LogP contribution in [0.2, 0.25) is 0 Å². The van der Waals surface area contributed by atoms with E-state index in [0.29, 0.717) is 0 Å². The summed E-state index contributed by atoms with van der Waals surface area (Å²) in [6.07, 6.45) is 0.971. The Kier molecular flexibility index (Phi) is 5.24. The first-order valence-electron chi connectivity index (χ1n) is 10.6. The molecule has 0 radical (unpaired) electrons. The first-order valence-corrected chi connectivity index (χ1v) is 11.4. The van der Waals surface area contributed by atoms with Crippen LogP contribution >= 0.6 is 11.5 Å². The smallest absolute Gasteiger partial charge is 0.251 e. The third kappa shape index (κ3) is 3.83. The van der Waals surface area contributed by atoms with E-state index in [9.17, 15) is 9.18 Å². The summed E-state index contributed by atoms with van der Waals surface area (Å²) in [4.78, 5) is 19.7. The van der Waals surface area contributed by atoms with Crippen LogP contribution in [0.1, 0.15) is 16.7 Å². The van der Waals surface area contributed by atoms with Crippen molar-refractivity contribution in [2.45, 2.75) is 20.3 Å². The number of halogens is 1. The first kappa shape index (κ1) is 20.2. The maximum absolute atomic E-state index is 13.7. The Morgan fingerprint density at radius 3 is 2.65 bits per heavy atom. The Labute approximate surface area is 184 Å². The van der Waals surface area contributed by atoms with Crippen LogP contribution < -0.4 is 10.5 Å². The van der Waals surface area contributed by atoms with Crippen LogP contribution in [0.3, 0.4) is 0 Å². The highest BCUT2D eigenvalue weighted by atomic mass is 32.1. The average molecular weight is 437 g/mol. The molecule has 0 saturated carbocycles. The molecule has 1 aliphatic rings. The number of piperazine rings is 1. The van der Waals surface area contributed by atoms with Crippen LogP contribution in [0.25, 0.3) is 21.0 Å². The molecule has 0 spiro atoms. The van der Waals surface area contributed by atoms with E-state index in [-0.39, 0.29) is 11.4 Å². The van der Waals surface area contributed by atoms with Crippen molar-refractivity contribution >= 4 is 38.3 Å². The molecule has 7 heteroatoms. The predicted molar refractivity (Wildman–Crippen MR) is 126 cm³/mol. The molecule has 0 bridgehead atoms. The fraction of sp³-hybridized carbons (Fsp3) is 0.333. The monoisotopic (exact) mass is 436 g/mol. The second-order valence-electron chi connectivity index (χ2n) is 8.31. The van der Waals surface area contributed by atoms with Crippen LogP contribution in [0.4, 0.5) is 10.2 Å². The SMILES string of the molecule is Cc1c(C)c2cc(CCN3CCN(c4nsc5ccc(F)cc45)CC3)ccc2[nH]c1=O. The van der Waals surface area contributed by atoms with Gasteiger partial charge >= 0.3 is 0 Å². The highest BCUT2D eigenvalue weighted by molar-refractivity contribution is 7.13. The number of aromatic nitrogens is 2. The molecule has 1 aliphatic heterocycles. The summed E-state index contributed by atoms with van der Waals surface area (Å²) in [5.41, 5.74) is 4.02. The summed E-state index contributed by atoms with van der Waals surface area (Å²) in [5, 5.41) is 2.04. The summed E-state index contributed by atoms with van der Waals surface area (Å²) < 4.78 is 19.3. The van der Waals surface area contributed by atoms with Gasteiger partial charge in [-0.15, -0.1) is 0 Å². The third-order valence-corrected chi connectivity index (χ3v) is 7.26. The van der Waals surface area contributed by atoms with Gasteiger partial charge in [0.15, 0.2) is 0 Å². The van der Waals surface area contributed by atoms with E-state index >= 15 is 0 Å². The van der Waals surface area contributed by atoms with Gasteiger partial charge < -0.3 is 9.88 Å². The van der Waals surface area contributed by atoms with Crippen LogP contribution in [0.15, 0.2) is 41.2 Å². The fourth-order valence-corrected chi connectivity index (χ4v) is 5.13. The molecule has 5 nitrogen and oxygen atoms in total. The maximum Gasteiger partial charge on any atom is 0.251 e. The molecule has 3 heterocycles. The van der Waals surface area contributed by atoms with Crippen molar-refractivity contribution < 1.29 is 4.39 Å². The fourth-order valence-electron chi connectivity index (χ4n) is 4.35. The summed E-state index contributed by atoms with van der Waals surface area (Å²) in [5.74, 6) is 0.700. The van der Waals surface area contributed by atoms with Crippen molar-refractivity contribution in [2.24, 2.45) is 0 Å². The van der Waals surface area contributed by atoms with Crippen molar-refractivity contribution in [1.82, 2.24) is 14.3 Å². The van der Waals surface area contributed by atoms with E-state index in [0.717, 1.165) is 77.1 Å². The first-order chi connectivity index (χ1) is 15.0. The molecule has 0 amide bonds. The zero-order valence-electron chi connectivity index (χ0n) is 17.7. The lowest BCUT2D eigenvalue weighted by Crippen LogP contribution is -2.47. The van der Waals surface area contributed by atoms with E-state index < -0.39 is 0 Å². The largest absolute Gasteiger partial charge is 0.353 e. The van der Waals surface area contributed by atoms with Gasteiger partial charge in [-0.25, -0.2) is 4.39 Å². The molecule has 2 aromatic heterocycles. The number of H-pyrrole nitrogens is 1. The van der Waals surface area contributed by atoms with E-state index in [4.69, 9.17) is 0 Å². The number of nitrogens with one attached hydrogen (secondary N) is 1. The Morgan fingerprint density at radius 2 is 1.84 bits per heavy atom. The number of rotatable bonds is 4. The Bertz CT molecular complexity index is 1320. The number of pyridine rings is 1. The van der Waals surface area contributed by atoms with Gasteiger partial charge in [0.05, 0.1) is 4.70 Å². The number of fused-ring (bicyclic) bond motifs is 2. The molecule has 1 fully saturated rings. The Morgan fingerprint density at radius 1 is 1.03 bits per heavy atom. The number of anilines is 1. The van der Waals surface area contributed by atoms with E-state index in [1.54, 1.807) is 6.07 Å². The van der Waals surface area contributed by atoms with Crippen LogP contribution in [-0.2, 0) is 6.42 Å². The minimum absolute atomic E-state index is 0.00810. The molecule has 160 valence electrons. The van der Waals surface area contributed by atoms with Gasteiger partial charge in [-0.3, -0.25) is 9.69 Å². The van der Waals surface area contributed by atoms with Crippen molar-refractivity contribution in [3.8, 4) is 0 Å². The molecule has 0 atom stereocenters. The summed E-state index contributed by atoms with van der Waals surface area (Å²) in [6, 6.07) is 11.2. The van der Waals surface area contributed by atoms with Crippen LogP contribution in [-0.4, -0.2) is 47.0 Å². The lowest BCUT2D eigenvalue weighted by atomic mass is 10.0. The molecule has 2 aromatic carbocycles. The number of nitrogens with zero attached hydrogens (tertiary/aromatic N) is 3. The number of aromatic amines is 1. The summed E-state index contributed by atoms with van der Waals surface area (Å²) >= 11 is 1.43. The van der Waals surface area contributed by atoms with Gasteiger partial charge in [0.2, 0.25) is 0 Å². The highest BCUT2D eigenvalue weighted by Gasteiger charge is 2.21. The zero-order chi connectivity index (χ0) is 21.5. The van der Waals surface area contributed by atoms with E-state index in [2.05, 4.69) is 31.3 Å². The topological polar surface area (TPSA) is 52.2 Å². The highest BCUT2D eigenvalue weighted by Crippen LogP contribution is 2.30. The Hall–Kier alpha value is -2.77. The molecular formula is C24H25FN4OS. The lowest BCUT2D eigenvalue weighted by Gasteiger charge is -2.35. The molecule has 1 saturated heterocycles. The van der Waals surface area contributed by atoms with Gasteiger partial charge in [-0.05, 0) is 73.3 Å². The van der Waals surface area contributed by atoms with Crippen molar-refractivity contribution in [3.63, 3.8) is 0 Å².